The van der Waals surface area contributed by atoms with E-state index in [0.717, 1.165) is 18.9 Å². The lowest BCUT2D eigenvalue weighted by atomic mass is 10.0. The van der Waals surface area contributed by atoms with Crippen molar-refractivity contribution >= 4 is 45.7 Å². The fourth-order valence-corrected chi connectivity index (χ4v) is 7.90. The molecule has 5 heterocycles. The molecular weight excluding hydrogens is 761 g/mol. The molecule has 2 aliphatic rings. The number of carbonyl (C=O) groups is 2. The summed E-state index contributed by atoms with van der Waals surface area (Å²) in [5, 5.41) is 16.7. The number of nitrogen functional groups attached to an aromatic ring is 1. The highest BCUT2D eigenvalue weighted by atomic mass is 35.5. The summed E-state index contributed by atoms with van der Waals surface area (Å²) in [6.45, 7) is 3.67. The maximum Gasteiger partial charge on any atom is 0.417 e. The topological polar surface area (TPSA) is 158 Å². The highest BCUT2D eigenvalue weighted by molar-refractivity contribution is 6.35. The van der Waals surface area contributed by atoms with E-state index in [1.54, 1.807) is 61.5 Å². The molecule has 1 aliphatic carbocycles. The van der Waals surface area contributed by atoms with Gasteiger partial charge in [-0.15, -0.1) is 10.2 Å². The number of benzene rings is 3. The zero-order valence-electron chi connectivity index (χ0n) is 30.3. The largest absolute Gasteiger partial charge is 0.417 e. The summed E-state index contributed by atoms with van der Waals surface area (Å²) in [7, 11) is 0. The number of halogens is 4. The number of nitrogens with one attached hydrogen (secondary N) is 1. The lowest BCUT2D eigenvalue weighted by Gasteiger charge is -2.24. The molecule has 7 aromatic rings. The third kappa shape index (κ3) is 6.16. The molecule has 0 bridgehead atoms. The minimum absolute atomic E-state index is 0.0448. The maximum absolute atomic E-state index is 14.4. The van der Waals surface area contributed by atoms with Crippen LogP contribution in [0.25, 0.3) is 39.2 Å². The van der Waals surface area contributed by atoms with Crippen molar-refractivity contribution < 1.29 is 22.8 Å². The van der Waals surface area contributed by atoms with Gasteiger partial charge in [-0.2, -0.15) is 13.2 Å². The Bertz CT molecular complexity index is 2850. The molecule has 0 spiro atoms. The minimum atomic E-state index is -4.79. The first-order chi connectivity index (χ1) is 27.3. The van der Waals surface area contributed by atoms with Crippen molar-refractivity contribution in [2.75, 3.05) is 5.73 Å². The van der Waals surface area contributed by atoms with E-state index < -0.39 is 29.6 Å². The third-order valence-electron chi connectivity index (χ3n) is 10.7. The minimum Gasteiger partial charge on any atom is -0.381 e. The lowest BCUT2D eigenvalue weighted by molar-refractivity contribution is -0.138. The van der Waals surface area contributed by atoms with Crippen LogP contribution in [0.15, 0.2) is 90.0 Å². The van der Waals surface area contributed by atoms with Gasteiger partial charge in [0.15, 0.2) is 11.5 Å². The zero-order valence-corrected chi connectivity index (χ0v) is 31.1. The molecule has 1 fully saturated rings. The Hall–Kier alpha value is -6.55. The van der Waals surface area contributed by atoms with Gasteiger partial charge in [-0.3, -0.25) is 19.0 Å². The predicted molar refractivity (Wildman–Crippen MR) is 205 cm³/mol. The second kappa shape index (κ2) is 13.3. The lowest BCUT2D eigenvalue weighted by Crippen LogP contribution is -2.35. The predicted octanol–water partition coefficient (Wildman–Crippen LogP) is 6.78. The van der Waals surface area contributed by atoms with Crippen LogP contribution in [0, 0.1) is 5.92 Å². The summed E-state index contributed by atoms with van der Waals surface area (Å²) in [4.78, 5) is 47.3. The summed E-state index contributed by atoms with van der Waals surface area (Å²) in [5.41, 5.74) is 6.39. The third-order valence-corrected chi connectivity index (χ3v) is 11.0. The van der Waals surface area contributed by atoms with Crippen LogP contribution in [-0.4, -0.2) is 56.9 Å². The number of rotatable bonds is 8. The summed E-state index contributed by atoms with van der Waals surface area (Å²) in [6, 6.07) is 19.0. The molecule has 0 saturated heterocycles. The van der Waals surface area contributed by atoms with Crippen molar-refractivity contribution in [2.45, 2.75) is 51.5 Å². The Balaban J connectivity index is 1.04. The van der Waals surface area contributed by atoms with Crippen LogP contribution in [0.1, 0.15) is 70.3 Å². The Labute approximate surface area is 326 Å². The van der Waals surface area contributed by atoms with Crippen molar-refractivity contribution in [3.8, 4) is 22.8 Å². The normalized spacial score (nSPS) is 15.3. The van der Waals surface area contributed by atoms with Gasteiger partial charge in [0.1, 0.15) is 11.3 Å². The maximum atomic E-state index is 14.4. The second-order valence-electron chi connectivity index (χ2n) is 14.4. The number of amides is 2. The standard InChI is InChI=1S/C40H32ClF3N10O3/c1-20(31-16-23-7-6-10-28(41)33(23)39(57)54(31)25-8-4-3-5-9-25)46-37(55)34-35(45)49-52-14-13-29(47-36(34)52)30-19-53(50-48-30)26-15-24-18-51(21(2)22-11-12-22)38(56)32(24)27(17-26)40(42,43)44/h3-10,13-17,19-22H,11-12,18H2,1-2H3,(H2,45,49)(H,46,55)/t20-,21-/m0/s1. The summed E-state index contributed by atoms with van der Waals surface area (Å²) >= 11 is 6.46. The van der Waals surface area contributed by atoms with E-state index in [2.05, 4.69) is 25.7 Å². The Morgan fingerprint density at radius 1 is 0.982 bits per heavy atom. The van der Waals surface area contributed by atoms with Crippen LogP contribution in [0.5, 0.6) is 0 Å². The SMILES string of the molecule is C[C@H](NC(=O)c1c(N)nn2ccc(-c3cn(-c4cc5c(c(C(F)(F)F)c4)C(=O)N([C@@H](C)C4CC4)C5)nn3)nc12)c1cc2cccc(Cl)c2c(=O)n1-c1ccccc1. The molecule has 2 atom stereocenters. The van der Waals surface area contributed by atoms with Gasteiger partial charge in [0, 0.05) is 30.2 Å². The Kier molecular flexibility index (Phi) is 8.42. The van der Waals surface area contributed by atoms with Crippen molar-refractivity contribution in [1.29, 1.82) is 0 Å². The number of pyridine rings is 1. The van der Waals surface area contributed by atoms with Crippen molar-refractivity contribution in [3.63, 3.8) is 0 Å². The molecule has 17 heteroatoms. The highest BCUT2D eigenvalue weighted by Gasteiger charge is 2.44. The quantitative estimate of drug-likeness (QED) is 0.171. The molecule has 57 heavy (non-hydrogen) atoms. The van der Waals surface area contributed by atoms with Crippen LogP contribution in [0.4, 0.5) is 19.0 Å². The van der Waals surface area contributed by atoms with Crippen molar-refractivity contribution in [3.05, 3.63) is 129 Å². The van der Waals surface area contributed by atoms with Crippen LogP contribution in [0.3, 0.4) is 0 Å². The molecule has 1 aliphatic heterocycles. The second-order valence-corrected chi connectivity index (χ2v) is 14.8. The zero-order chi connectivity index (χ0) is 39.9. The van der Waals surface area contributed by atoms with Gasteiger partial charge >= 0.3 is 6.18 Å². The van der Waals surface area contributed by atoms with E-state index >= 15 is 0 Å². The molecule has 9 rings (SSSR count). The van der Waals surface area contributed by atoms with Crippen LogP contribution in [0.2, 0.25) is 5.02 Å². The van der Waals surface area contributed by atoms with E-state index in [4.69, 9.17) is 17.3 Å². The summed E-state index contributed by atoms with van der Waals surface area (Å²) in [5.74, 6) is -1.08. The highest BCUT2D eigenvalue weighted by Crippen LogP contribution is 2.43. The van der Waals surface area contributed by atoms with E-state index in [0.29, 0.717) is 27.2 Å². The molecule has 4 aromatic heterocycles. The number of nitrogens with zero attached hydrogens (tertiary/aromatic N) is 8. The molecular formula is C40H32ClF3N10O3. The molecule has 2 amide bonds. The summed E-state index contributed by atoms with van der Waals surface area (Å²) < 4.78 is 47.2. The fourth-order valence-electron chi connectivity index (χ4n) is 7.64. The van der Waals surface area contributed by atoms with E-state index in [9.17, 15) is 27.6 Å². The number of aromatic nitrogens is 7. The fraction of sp³-hybridized carbons (Fsp3) is 0.225. The summed E-state index contributed by atoms with van der Waals surface area (Å²) in [6.07, 6.45) is 0.0278. The monoisotopic (exact) mass is 792 g/mol. The number of nitrogens with two attached hydrogens (primary N) is 1. The van der Waals surface area contributed by atoms with Gasteiger partial charge in [0.05, 0.1) is 45.2 Å². The molecule has 288 valence electrons. The van der Waals surface area contributed by atoms with Gasteiger partial charge in [-0.1, -0.05) is 47.1 Å². The van der Waals surface area contributed by atoms with Gasteiger partial charge in [0.25, 0.3) is 17.4 Å². The molecule has 3 aromatic carbocycles. The van der Waals surface area contributed by atoms with Crippen LogP contribution < -0.4 is 16.6 Å². The number of alkyl halides is 3. The molecule has 13 nitrogen and oxygen atoms in total. The first-order valence-electron chi connectivity index (χ1n) is 18.1. The molecule has 3 N–H and O–H groups in total. The average molecular weight is 793 g/mol. The van der Waals surface area contributed by atoms with E-state index in [1.807, 2.05) is 13.0 Å². The molecule has 0 unspecified atom stereocenters. The number of anilines is 1. The van der Waals surface area contributed by atoms with Gasteiger partial charge in [0.2, 0.25) is 0 Å². The van der Waals surface area contributed by atoms with Gasteiger partial charge < -0.3 is 16.0 Å². The van der Waals surface area contributed by atoms with E-state index in [-0.39, 0.29) is 69.3 Å². The van der Waals surface area contributed by atoms with Gasteiger partial charge in [-0.05, 0) is 86.0 Å². The Morgan fingerprint density at radius 3 is 2.49 bits per heavy atom. The number of hydrogen-bond acceptors (Lipinski definition) is 8. The first kappa shape index (κ1) is 36.1. The molecule has 0 radical (unpaired) electrons. The number of para-hydroxylation sites is 1. The van der Waals surface area contributed by atoms with Crippen LogP contribution in [-0.2, 0) is 12.7 Å². The number of hydrogen-bond donors (Lipinski definition) is 2. The average Bonchev–Trinajstić information content (AvgIpc) is 3.68. The van der Waals surface area contributed by atoms with Crippen molar-refractivity contribution in [1.82, 2.24) is 44.4 Å². The Morgan fingerprint density at radius 2 is 1.75 bits per heavy atom. The van der Waals surface area contributed by atoms with E-state index in [1.165, 1.54) is 37.1 Å². The first-order valence-corrected chi connectivity index (χ1v) is 18.5. The van der Waals surface area contributed by atoms with Gasteiger partial charge in [-0.25, -0.2) is 14.2 Å². The number of carbonyl (C=O) groups excluding carboxylic acids is 2. The van der Waals surface area contributed by atoms with Crippen molar-refractivity contribution in [2.24, 2.45) is 5.92 Å². The smallest absolute Gasteiger partial charge is 0.381 e. The molecule has 1 saturated carbocycles. The number of fused-ring (bicyclic) bond motifs is 3. The van der Waals surface area contributed by atoms with Crippen LogP contribution >= 0.6 is 11.6 Å².